The van der Waals surface area contributed by atoms with Gasteiger partial charge in [-0.15, -0.1) is 0 Å². The molecule has 0 amide bonds. The first kappa shape index (κ1) is 35.7. The van der Waals surface area contributed by atoms with Gasteiger partial charge in [-0.2, -0.15) is 0 Å². The molecule has 0 unspecified atom stereocenters. The lowest BCUT2D eigenvalue weighted by Crippen LogP contribution is -2.10. The second kappa shape index (κ2) is 14.8. The Hall–Kier alpha value is -8.20. The van der Waals surface area contributed by atoms with E-state index < -0.39 is 0 Å². The van der Waals surface area contributed by atoms with Crippen LogP contribution in [-0.2, 0) is 0 Å². The fourth-order valence-corrected chi connectivity index (χ4v) is 9.43. The first-order valence-corrected chi connectivity index (χ1v) is 21.2. The van der Waals surface area contributed by atoms with Gasteiger partial charge < -0.3 is 9.32 Å². The molecule has 0 fully saturated rings. The largest absolute Gasteiger partial charge is 0.455 e. The molecule has 2 heteroatoms. The zero-order valence-electron chi connectivity index (χ0n) is 33.9. The second-order valence-corrected chi connectivity index (χ2v) is 16.1. The van der Waals surface area contributed by atoms with Crippen molar-refractivity contribution in [2.45, 2.75) is 0 Å². The summed E-state index contributed by atoms with van der Waals surface area (Å²) in [6.45, 7) is 0. The number of anilines is 3. The molecule has 0 saturated heterocycles. The maximum Gasteiger partial charge on any atom is 0.143 e. The zero-order chi connectivity index (χ0) is 41.0. The van der Waals surface area contributed by atoms with E-state index >= 15 is 0 Å². The van der Waals surface area contributed by atoms with Gasteiger partial charge in [0.15, 0.2) is 0 Å². The summed E-state index contributed by atoms with van der Waals surface area (Å²) in [5.74, 6) is 0. The van der Waals surface area contributed by atoms with Gasteiger partial charge in [-0.25, -0.2) is 0 Å². The van der Waals surface area contributed by atoms with Gasteiger partial charge in [-0.05, 0) is 126 Å². The molecule has 11 aromatic carbocycles. The molecule has 0 radical (unpaired) electrons. The van der Waals surface area contributed by atoms with Crippen LogP contribution in [0.15, 0.2) is 241 Å². The summed E-state index contributed by atoms with van der Waals surface area (Å²) in [6.07, 6.45) is 0. The highest BCUT2D eigenvalue weighted by Crippen LogP contribution is 2.43. The minimum atomic E-state index is 0.889. The summed E-state index contributed by atoms with van der Waals surface area (Å²) < 4.78 is 6.61. The summed E-state index contributed by atoms with van der Waals surface area (Å²) in [5.41, 5.74) is 14.5. The van der Waals surface area contributed by atoms with Crippen molar-refractivity contribution in [3.63, 3.8) is 0 Å². The number of furan rings is 1. The van der Waals surface area contributed by atoms with Crippen LogP contribution < -0.4 is 4.90 Å². The molecule has 0 bridgehead atoms. The highest BCUT2D eigenvalue weighted by Gasteiger charge is 2.18. The monoisotopic (exact) mass is 789 g/mol. The molecule has 62 heavy (non-hydrogen) atoms. The number of nitrogens with zero attached hydrogens (tertiary/aromatic N) is 1. The van der Waals surface area contributed by atoms with Crippen LogP contribution in [0, 0.1) is 0 Å². The van der Waals surface area contributed by atoms with E-state index in [1.165, 1.54) is 60.3 Å². The van der Waals surface area contributed by atoms with Gasteiger partial charge in [0.05, 0.1) is 0 Å². The number of rotatable bonds is 7. The van der Waals surface area contributed by atoms with E-state index in [-0.39, 0.29) is 0 Å². The third-order valence-electron chi connectivity index (χ3n) is 12.5. The van der Waals surface area contributed by atoms with E-state index in [4.69, 9.17) is 4.42 Å². The smallest absolute Gasteiger partial charge is 0.143 e. The predicted octanol–water partition coefficient (Wildman–Crippen LogP) is 17.2. The first-order chi connectivity index (χ1) is 30.7. The Kier molecular flexibility index (Phi) is 8.53. The Labute approximate surface area is 360 Å². The summed E-state index contributed by atoms with van der Waals surface area (Å²) in [4.78, 5) is 2.37. The van der Waals surface area contributed by atoms with Crippen LogP contribution in [0.2, 0.25) is 0 Å². The first-order valence-electron chi connectivity index (χ1n) is 21.2. The van der Waals surface area contributed by atoms with Crippen molar-refractivity contribution in [3.05, 3.63) is 237 Å². The summed E-state index contributed by atoms with van der Waals surface area (Å²) >= 11 is 0. The van der Waals surface area contributed by atoms with Crippen molar-refractivity contribution >= 4 is 71.3 Å². The fraction of sp³-hybridized carbons (Fsp3) is 0. The minimum Gasteiger partial charge on any atom is -0.455 e. The summed E-state index contributed by atoms with van der Waals surface area (Å²) in [6, 6.07) is 85.4. The molecular weight excluding hydrogens is 751 g/mol. The molecular formula is C60H39NO. The summed E-state index contributed by atoms with van der Waals surface area (Å²) in [5, 5.41) is 9.60. The van der Waals surface area contributed by atoms with Gasteiger partial charge in [-0.1, -0.05) is 182 Å². The molecule has 0 spiro atoms. The molecule has 0 aliphatic rings. The van der Waals surface area contributed by atoms with E-state index in [1.54, 1.807) is 0 Å². The molecule has 12 rings (SSSR count). The Balaban J connectivity index is 0.973. The molecule has 290 valence electrons. The van der Waals surface area contributed by atoms with Crippen LogP contribution in [0.4, 0.5) is 17.1 Å². The van der Waals surface area contributed by atoms with Gasteiger partial charge in [0.2, 0.25) is 0 Å². The zero-order valence-corrected chi connectivity index (χ0v) is 33.9. The van der Waals surface area contributed by atoms with E-state index in [0.717, 1.165) is 55.5 Å². The molecule has 0 atom stereocenters. The normalized spacial score (nSPS) is 11.5. The predicted molar refractivity (Wildman–Crippen MR) is 263 cm³/mol. The van der Waals surface area contributed by atoms with E-state index in [2.05, 4.69) is 241 Å². The van der Waals surface area contributed by atoms with Crippen LogP contribution in [0.1, 0.15) is 0 Å². The van der Waals surface area contributed by atoms with Gasteiger partial charge in [0.1, 0.15) is 11.2 Å². The van der Waals surface area contributed by atoms with Gasteiger partial charge >= 0.3 is 0 Å². The minimum absolute atomic E-state index is 0.889. The fourth-order valence-electron chi connectivity index (χ4n) is 9.43. The Morgan fingerprint density at radius 1 is 0.274 bits per heavy atom. The molecule has 0 aliphatic carbocycles. The van der Waals surface area contributed by atoms with Crippen LogP contribution in [-0.4, -0.2) is 0 Å². The maximum absolute atomic E-state index is 6.61. The van der Waals surface area contributed by atoms with E-state index in [1.807, 2.05) is 0 Å². The van der Waals surface area contributed by atoms with E-state index in [9.17, 15) is 0 Å². The van der Waals surface area contributed by atoms with Crippen molar-refractivity contribution in [3.8, 4) is 44.5 Å². The average Bonchev–Trinajstić information content (AvgIpc) is 3.75. The molecule has 1 aromatic heterocycles. The van der Waals surface area contributed by atoms with Gasteiger partial charge in [0.25, 0.3) is 0 Å². The van der Waals surface area contributed by atoms with Crippen molar-refractivity contribution < 1.29 is 4.42 Å². The van der Waals surface area contributed by atoms with Crippen molar-refractivity contribution in [2.24, 2.45) is 0 Å². The maximum atomic E-state index is 6.61. The second-order valence-electron chi connectivity index (χ2n) is 16.1. The Morgan fingerprint density at radius 2 is 0.823 bits per heavy atom. The molecule has 0 N–H and O–H groups in total. The third-order valence-corrected chi connectivity index (χ3v) is 12.5. The highest BCUT2D eigenvalue weighted by molar-refractivity contribution is 6.19. The summed E-state index contributed by atoms with van der Waals surface area (Å²) in [7, 11) is 0. The number of benzene rings is 11. The Morgan fingerprint density at radius 3 is 1.55 bits per heavy atom. The van der Waals surface area contributed by atoms with Crippen molar-refractivity contribution in [1.82, 2.24) is 0 Å². The molecule has 1 heterocycles. The standard InChI is InChI=1S/C60H39NO/c1-2-12-40(13-3-1)41-24-26-42(27-25-41)43-28-33-48(34-29-43)61(49-35-30-45(31-36-49)57-39-47-15-5-6-18-51(47)54-20-8-9-21-55(54)57)50-17-10-16-46(38-50)52-22-11-23-58-59(52)56-37-32-44-14-4-7-19-53(44)60(56)62-58/h1-39H. The molecule has 2 nitrogen and oxygen atoms in total. The van der Waals surface area contributed by atoms with Gasteiger partial charge in [-0.3, -0.25) is 0 Å². The number of fused-ring (bicyclic) bond motifs is 8. The van der Waals surface area contributed by atoms with Crippen LogP contribution in [0.5, 0.6) is 0 Å². The third kappa shape index (κ3) is 6.12. The topological polar surface area (TPSA) is 16.4 Å². The number of hydrogen-bond acceptors (Lipinski definition) is 2. The highest BCUT2D eigenvalue weighted by atomic mass is 16.3. The average molecular weight is 790 g/mol. The Bertz CT molecular complexity index is 3600. The van der Waals surface area contributed by atoms with Crippen LogP contribution >= 0.6 is 0 Å². The number of hydrogen-bond donors (Lipinski definition) is 0. The van der Waals surface area contributed by atoms with Crippen LogP contribution in [0.25, 0.3) is 98.8 Å². The van der Waals surface area contributed by atoms with Gasteiger partial charge in [0, 0.05) is 33.2 Å². The lowest BCUT2D eigenvalue weighted by Gasteiger charge is -2.26. The SMILES string of the molecule is c1ccc(-c2ccc(-c3ccc(N(c4ccc(-c5cc6ccccc6c6ccccc56)cc4)c4cccc(-c5cccc6oc7c8ccccc8ccc7c56)c4)cc3)cc2)cc1. The molecule has 0 aliphatic heterocycles. The molecule has 12 aromatic rings. The van der Waals surface area contributed by atoms with Crippen LogP contribution in [0.3, 0.4) is 0 Å². The molecule has 0 saturated carbocycles. The van der Waals surface area contributed by atoms with E-state index in [0.29, 0.717) is 0 Å². The quantitative estimate of drug-likeness (QED) is 0.150. The lowest BCUT2D eigenvalue weighted by molar-refractivity contribution is 0.673. The van der Waals surface area contributed by atoms with Crippen molar-refractivity contribution in [2.75, 3.05) is 4.90 Å². The lowest BCUT2D eigenvalue weighted by atomic mass is 9.93. The van der Waals surface area contributed by atoms with Crippen molar-refractivity contribution in [1.29, 1.82) is 0 Å².